The third kappa shape index (κ3) is 3.48. The smallest absolute Gasteiger partial charge is 0.225 e. The van der Waals surface area contributed by atoms with Gasteiger partial charge in [-0.3, -0.25) is 0 Å². The monoisotopic (exact) mass is 268 g/mol. The average Bonchev–Trinajstić information content (AvgIpc) is 2.27. The molecule has 0 aliphatic rings. The van der Waals surface area contributed by atoms with Crippen LogP contribution in [0, 0.1) is 17.2 Å². The molecule has 0 spiro atoms. The highest BCUT2D eigenvalue weighted by atomic mass is 79.9. The van der Waals surface area contributed by atoms with E-state index in [1.165, 1.54) is 0 Å². The maximum Gasteiger partial charge on any atom is 0.225 e. The molecular weight excluding hydrogens is 256 g/mol. The van der Waals surface area contributed by atoms with E-state index in [1.54, 1.807) is 12.4 Å². The summed E-state index contributed by atoms with van der Waals surface area (Å²) in [5.41, 5.74) is 0. The summed E-state index contributed by atoms with van der Waals surface area (Å²) in [7, 11) is 0. The molecular formula is C10H13BrN4. The minimum atomic E-state index is -0.0165. The fourth-order valence-corrected chi connectivity index (χ4v) is 1.40. The zero-order valence-electron chi connectivity index (χ0n) is 8.81. The number of rotatable bonds is 4. The lowest BCUT2D eigenvalue weighted by atomic mass is 10.2. The van der Waals surface area contributed by atoms with Gasteiger partial charge in [0, 0.05) is 25.5 Å². The van der Waals surface area contributed by atoms with Crippen molar-refractivity contribution in [2.24, 2.45) is 5.92 Å². The molecule has 0 bridgehead atoms. The van der Waals surface area contributed by atoms with Gasteiger partial charge < -0.3 is 4.90 Å². The van der Waals surface area contributed by atoms with Crippen molar-refractivity contribution < 1.29 is 0 Å². The van der Waals surface area contributed by atoms with Gasteiger partial charge in [-0.15, -0.1) is 0 Å². The Balaban J connectivity index is 2.75. The van der Waals surface area contributed by atoms with Gasteiger partial charge in [0.1, 0.15) is 0 Å². The van der Waals surface area contributed by atoms with Crippen molar-refractivity contribution >= 4 is 21.9 Å². The van der Waals surface area contributed by atoms with E-state index in [4.69, 9.17) is 5.26 Å². The maximum atomic E-state index is 8.75. The highest BCUT2D eigenvalue weighted by Gasteiger charge is 2.10. The summed E-state index contributed by atoms with van der Waals surface area (Å²) in [6.07, 6.45) is 3.42. The Labute approximate surface area is 98.1 Å². The summed E-state index contributed by atoms with van der Waals surface area (Å²) in [5.74, 6) is 0.653. The second-order valence-electron chi connectivity index (χ2n) is 3.27. The van der Waals surface area contributed by atoms with Crippen LogP contribution in [0.25, 0.3) is 0 Å². The maximum absolute atomic E-state index is 8.75. The SMILES string of the molecule is CCN(CC(C)C#N)c1ncc(Br)cn1. The summed E-state index contributed by atoms with van der Waals surface area (Å²) < 4.78 is 0.857. The fourth-order valence-electron chi connectivity index (χ4n) is 1.19. The molecule has 0 aromatic carbocycles. The Morgan fingerprint density at radius 3 is 2.60 bits per heavy atom. The van der Waals surface area contributed by atoms with Crippen molar-refractivity contribution in [3.8, 4) is 6.07 Å². The van der Waals surface area contributed by atoms with Gasteiger partial charge in [-0.25, -0.2) is 9.97 Å². The molecule has 0 fully saturated rings. The predicted octanol–water partition coefficient (Wildman–Crippen LogP) is 2.23. The molecule has 0 radical (unpaired) electrons. The molecule has 0 saturated carbocycles. The Kier molecular flexibility index (Phi) is 4.50. The van der Waals surface area contributed by atoms with Gasteiger partial charge in [0.05, 0.1) is 16.5 Å². The lowest BCUT2D eigenvalue weighted by molar-refractivity contribution is 0.671. The second kappa shape index (κ2) is 5.66. The van der Waals surface area contributed by atoms with E-state index >= 15 is 0 Å². The van der Waals surface area contributed by atoms with E-state index in [0.29, 0.717) is 12.5 Å². The molecule has 0 aliphatic carbocycles. The van der Waals surface area contributed by atoms with E-state index < -0.39 is 0 Å². The Bertz CT molecular complexity index is 343. The molecule has 5 heteroatoms. The summed E-state index contributed by atoms with van der Waals surface area (Å²) in [4.78, 5) is 10.4. The van der Waals surface area contributed by atoms with Crippen LogP contribution in [0.3, 0.4) is 0 Å². The van der Waals surface area contributed by atoms with Crippen LogP contribution in [0.2, 0.25) is 0 Å². The van der Waals surface area contributed by atoms with E-state index in [-0.39, 0.29) is 5.92 Å². The van der Waals surface area contributed by atoms with E-state index in [2.05, 4.69) is 32.0 Å². The van der Waals surface area contributed by atoms with Crippen molar-refractivity contribution in [1.29, 1.82) is 5.26 Å². The van der Waals surface area contributed by atoms with E-state index in [0.717, 1.165) is 11.0 Å². The molecule has 0 amide bonds. The number of hydrogen-bond donors (Lipinski definition) is 0. The Morgan fingerprint density at radius 1 is 1.53 bits per heavy atom. The van der Waals surface area contributed by atoms with Gasteiger partial charge in [0.2, 0.25) is 5.95 Å². The van der Waals surface area contributed by atoms with Gasteiger partial charge in [-0.1, -0.05) is 0 Å². The van der Waals surface area contributed by atoms with Gasteiger partial charge in [0.15, 0.2) is 0 Å². The second-order valence-corrected chi connectivity index (χ2v) is 4.19. The molecule has 15 heavy (non-hydrogen) atoms. The molecule has 80 valence electrons. The quantitative estimate of drug-likeness (QED) is 0.841. The van der Waals surface area contributed by atoms with Crippen LogP contribution in [0.5, 0.6) is 0 Å². The minimum Gasteiger partial charge on any atom is -0.340 e. The molecule has 1 aromatic rings. The van der Waals surface area contributed by atoms with Crippen molar-refractivity contribution in [2.75, 3.05) is 18.0 Å². The first-order valence-electron chi connectivity index (χ1n) is 4.79. The molecule has 0 N–H and O–H groups in total. The van der Waals surface area contributed by atoms with E-state index in [1.807, 2.05) is 18.7 Å². The number of hydrogen-bond acceptors (Lipinski definition) is 4. The van der Waals surface area contributed by atoms with Gasteiger partial charge in [-0.2, -0.15) is 5.26 Å². The number of nitriles is 1. The van der Waals surface area contributed by atoms with Crippen molar-refractivity contribution in [3.05, 3.63) is 16.9 Å². The lowest BCUT2D eigenvalue weighted by Gasteiger charge is -2.21. The minimum absolute atomic E-state index is 0.0165. The summed E-state index contributed by atoms with van der Waals surface area (Å²) >= 11 is 3.29. The van der Waals surface area contributed by atoms with Crippen LogP contribution in [-0.4, -0.2) is 23.1 Å². The van der Waals surface area contributed by atoms with Gasteiger partial charge >= 0.3 is 0 Å². The highest BCUT2D eigenvalue weighted by molar-refractivity contribution is 9.10. The number of nitrogens with zero attached hydrogens (tertiary/aromatic N) is 4. The molecule has 1 unspecified atom stereocenters. The number of aromatic nitrogens is 2. The van der Waals surface area contributed by atoms with Crippen molar-refractivity contribution in [3.63, 3.8) is 0 Å². The molecule has 1 atom stereocenters. The number of anilines is 1. The average molecular weight is 269 g/mol. The first-order valence-corrected chi connectivity index (χ1v) is 5.58. The van der Waals surface area contributed by atoms with Crippen LogP contribution in [0.1, 0.15) is 13.8 Å². The zero-order chi connectivity index (χ0) is 11.3. The van der Waals surface area contributed by atoms with Crippen molar-refractivity contribution in [2.45, 2.75) is 13.8 Å². The lowest BCUT2D eigenvalue weighted by Crippen LogP contribution is -2.29. The van der Waals surface area contributed by atoms with Crippen LogP contribution in [0.15, 0.2) is 16.9 Å². The number of halogens is 1. The third-order valence-corrected chi connectivity index (χ3v) is 2.40. The topological polar surface area (TPSA) is 52.8 Å². The van der Waals surface area contributed by atoms with Crippen molar-refractivity contribution in [1.82, 2.24) is 9.97 Å². The van der Waals surface area contributed by atoms with Crippen LogP contribution >= 0.6 is 15.9 Å². The molecule has 1 heterocycles. The Morgan fingerprint density at radius 2 is 2.13 bits per heavy atom. The zero-order valence-corrected chi connectivity index (χ0v) is 10.4. The molecule has 1 aromatic heterocycles. The molecule has 1 rings (SSSR count). The Hall–Kier alpha value is -1.15. The van der Waals surface area contributed by atoms with Crippen LogP contribution in [-0.2, 0) is 0 Å². The molecule has 4 nitrogen and oxygen atoms in total. The molecule has 0 saturated heterocycles. The van der Waals surface area contributed by atoms with Crippen LogP contribution < -0.4 is 4.90 Å². The summed E-state index contributed by atoms with van der Waals surface area (Å²) in [6.45, 7) is 5.37. The first-order chi connectivity index (χ1) is 7.17. The largest absolute Gasteiger partial charge is 0.340 e. The first kappa shape index (κ1) is 11.9. The fraction of sp³-hybridized carbons (Fsp3) is 0.500. The van der Waals surface area contributed by atoms with E-state index in [9.17, 15) is 0 Å². The van der Waals surface area contributed by atoms with Crippen LogP contribution in [0.4, 0.5) is 5.95 Å². The summed E-state index contributed by atoms with van der Waals surface area (Å²) in [6, 6.07) is 2.20. The third-order valence-electron chi connectivity index (χ3n) is 1.99. The summed E-state index contributed by atoms with van der Waals surface area (Å²) in [5, 5.41) is 8.75. The van der Waals surface area contributed by atoms with Gasteiger partial charge in [0.25, 0.3) is 0 Å². The predicted molar refractivity (Wildman–Crippen MR) is 62.4 cm³/mol. The molecule has 0 aliphatic heterocycles. The van der Waals surface area contributed by atoms with Gasteiger partial charge in [-0.05, 0) is 29.8 Å². The highest BCUT2D eigenvalue weighted by Crippen LogP contribution is 2.12. The normalized spacial score (nSPS) is 11.9. The standard InChI is InChI=1S/C10H13BrN4/c1-3-15(7-8(2)4-12)10-13-5-9(11)6-14-10/h5-6,8H,3,7H2,1-2H3.